The van der Waals surface area contributed by atoms with E-state index in [0.717, 1.165) is 6.54 Å². The van der Waals surface area contributed by atoms with Crippen molar-refractivity contribution >= 4 is 12.1 Å². The first-order chi connectivity index (χ1) is 8.12. The molecule has 2 atom stereocenters. The number of hydrogen-bond acceptors (Lipinski definition) is 5. The number of methoxy groups -OCH3 is 2. The van der Waals surface area contributed by atoms with E-state index in [9.17, 15) is 9.59 Å². The van der Waals surface area contributed by atoms with Crippen molar-refractivity contribution in [2.24, 2.45) is 5.92 Å². The van der Waals surface area contributed by atoms with Crippen LogP contribution in [0.4, 0.5) is 4.79 Å². The summed E-state index contributed by atoms with van der Waals surface area (Å²) in [5.41, 5.74) is 0. The summed E-state index contributed by atoms with van der Waals surface area (Å²) in [7, 11) is 2.70. The van der Waals surface area contributed by atoms with Crippen LogP contribution in [-0.2, 0) is 14.3 Å². The smallest absolute Gasteiger partial charge is 0.409 e. The van der Waals surface area contributed by atoms with Gasteiger partial charge in [0.25, 0.3) is 0 Å². The number of likely N-dealkylation sites (N-methyl/N-ethyl adjacent to an activating group) is 1. The Morgan fingerprint density at radius 2 is 2.00 bits per heavy atom. The van der Waals surface area contributed by atoms with Gasteiger partial charge >= 0.3 is 12.1 Å². The Bertz CT molecular complexity index is 259. The minimum absolute atomic E-state index is 0.108. The molecule has 17 heavy (non-hydrogen) atoms. The van der Waals surface area contributed by atoms with E-state index in [0.29, 0.717) is 19.5 Å². The summed E-state index contributed by atoms with van der Waals surface area (Å²) in [6, 6.07) is 0.108. The molecule has 1 aliphatic rings. The molecule has 6 heteroatoms. The molecular weight excluding hydrogens is 224 g/mol. The molecule has 0 aromatic carbocycles. The van der Waals surface area contributed by atoms with Crippen LogP contribution in [0.1, 0.15) is 13.3 Å². The number of piperidine rings is 1. The Morgan fingerprint density at radius 3 is 2.53 bits per heavy atom. The lowest BCUT2D eigenvalue weighted by atomic mass is 9.94. The predicted octanol–water partition coefficient (Wildman–Crippen LogP) is 0.226. The molecule has 1 saturated heterocycles. The van der Waals surface area contributed by atoms with Gasteiger partial charge in [-0.2, -0.15) is 0 Å². The van der Waals surface area contributed by atoms with Crippen molar-refractivity contribution in [2.45, 2.75) is 19.4 Å². The van der Waals surface area contributed by atoms with Crippen LogP contribution in [0.25, 0.3) is 0 Å². The van der Waals surface area contributed by atoms with Crippen molar-refractivity contribution in [3.8, 4) is 0 Å². The van der Waals surface area contributed by atoms with Gasteiger partial charge in [0.05, 0.1) is 20.1 Å². The van der Waals surface area contributed by atoms with Gasteiger partial charge in [0.2, 0.25) is 0 Å². The highest BCUT2D eigenvalue weighted by molar-refractivity contribution is 5.74. The normalized spacial score (nSPS) is 24.3. The molecular formula is C11H20N2O4. The Morgan fingerprint density at radius 1 is 1.29 bits per heavy atom. The lowest BCUT2D eigenvalue weighted by molar-refractivity contribution is -0.147. The summed E-state index contributed by atoms with van der Waals surface area (Å²) in [4.78, 5) is 24.6. The number of amides is 1. The number of carbonyl (C=O) groups excluding carboxylic acids is 2. The number of nitrogens with one attached hydrogen (secondary N) is 1. The molecule has 0 radical (unpaired) electrons. The van der Waals surface area contributed by atoms with Gasteiger partial charge in [-0.15, -0.1) is 0 Å². The Kier molecular flexibility index (Phi) is 5.21. The van der Waals surface area contributed by atoms with E-state index in [4.69, 9.17) is 4.74 Å². The molecule has 1 heterocycles. The van der Waals surface area contributed by atoms with E-state index in [1.165, 1.54) is 14.2 Å². The molecule has 0 aromatic rings. The van der Waals surface area contributed by atoms with E-state index < -0.39 is 6.09 Å². The standard InChI is InChI=1S/C11H20N2O4/c1-4-12-9-5-8(10(14)16-2)6-13(7-9)11(15)17-3/h8-9,12H,4-7H2,1-3H3. The van der Waals surface area contributed by atoms with Crippen molar-refractivity contribution in [2.75, 3.05) is 33.9 Å². The van der Waals surface area contributed by atoms with Crippen LogP contribution in [0, 0.1) is 5.92 Å². The number of rotatable bonds is 3. The third kappa shape index (κ3) is 3.59. The molecule has 0 spiro atoms. The maximum atomic E-state index is 11.5. The molecule has 0 bridgehead atoms. The first kappa shape index (κ1) is 13.8. The minimum atomic E-state index is -0.401. The summed E-state index contributed by atoms with van der Waals surface area (Å²) in [6.07, 6.45) is 0.287. The molecule has 0 aliphatic carbocycles. The number of ether oxygens (including phenoxy) is 2. The molecule has 0 saturated carbocycles. The highest BCUT2D eigenvalue weighted by Crippen LogP contribution is 2.19. The zero-order chi connectivity index (χ0) is 12.8. The average molecular weight is 244 g/mol. The van der Waals surface area contributed by atoms with Gasteiger partial charge < -0.3 is 19.7 Å². The Labute approximate surface area is 101 Å². The largest absolute Gasteiger partial charge is 0.469 e. The zero-order valence-electron chi connectivity index (χ0n) is 10.6. The Hall–Kier alpha value is -1.30. The van der Waals surface area contributed by atoms with Crippen LogP contribution >= 0.6 is 0 Å². The summed E-state index contributed by atoms with van der Waals surface area (Å²) in [6.45, 7) is 3.72. The highest BCUT2D eigenvalue weighted by Gasteiger charge is 2.34. The first-order valence-corrected chi connectivity index (χ1v) is 5.76. The monoisotopic (exact) mass is 244 g/mol. The van der Waals surface area contributed by atoms with E-state index >= 15 is 0 Å². The summed E-state index contributed by atoms with van der Waals surface area (Å²) >= 11 is 0. The van der Waals surface area contributed by atoms with Crippen molar-refractivity contribution < 1.29 is 19.1 Å². The quantitative estimate of drug-likeness (QED) is 0.720. The second-order valence-electron chi connectivity index (χ2n) is 4.09. The van der Waals surface area contributed by atoms with Crippen molar-refractivity contribution in [3.63, 3.8) is 0 Å². The van der Waals surface area contributed by atoms with Gasteiger partial charge in [-0.1, -0.05) is 6.92 Å². The number of likely N-dealkylation sites (tertiary alicyclic amines) is 1. The average Bonchev–Trinajstić information content (AvgIpc) is 2.36. The second-order valence-corrected chi connectivity index (χ2v) is 4.09. The zero-order valence-corrected chi connectivity index (χ0v) is 10.6. The van der Waals surface area contributed by atoms with Crippen LogP contribution in [-0.4, -0.2) is 56.9 Å². The van der Waals surface area contributed by atoms with E-state index in [1.807, 2.05) is 6.92 Å². The SMILES string of the molecule is CCNC1CC(C(=O)OC)CN(C(=O)OC)C1. The molecule has 6 nitrogen and oxygen atoms in total. The number of carbonyl (C=O) groups is 2. The fourth-order valence-electron chi connectivity index (χ4n) is 2.15. The van der Waals surface area contributed by atoms with Crippen LogP contribution in [0.5, 0.6) is 0 Å². The third-order valence-corrected chi connectivity index (χ3v) is 2.91. The van der Waals surface area contributed by atoms with Crippen LogP contribution < -0.4 is 5.32 Å². The summed E-state index contributed by atoms with van der Waals surface area (Å²) in [5.74, 6) is -0.557. The lowest BCUT2D eigenvalue weighted by Gasteiger charge is -2.35. The molecule has 1 rings (SSSR count). The van der Waals surface area contributed by atoms with Gasteiger partial charge in [-0.25, -0.2) is 4.79 Å². The van der Waals surface area contributed by atoms with Gasteiger partial charge in [-0.3, -0.25) is 4.79 Å². The fourth-order valence-corrected chi connectivity index (χ4v) is 2.15. The maximum Gasteiger partial charge on any atom is 0.409 e. The second kappa shape index (κ2) is 6.44. The molecule has 1 fully saturated rings. The number of nitrogens with zero attached hydrogens (tertiary/aromatic N) is 1. The summed E-state index contributed by atoms with van der Waals surface area (Å²) < 4.78 is 9.42. The lowest BCUT2D eigenvalue weighted by Crippen LogP contribution is -2.53. The van der Waals surface area contributed by atoms with Gasteiger partial charge in [0, 0.05) is 19.1 Å². The molecule has 1 N–H and O–H groups in total. The highest BCUT2D eigenvalue weighted by atomic mass is 16.5. The van der Waals surface area contributed by atoms with Crippen LogP contribution in [0.15, 0.2) is 0 Å². The molecule has 2 unspecified atom stereocenters. The number of esters is 1. The van der Waals surface area contributed by atoms with E-state index in [-0.39, 0.29) is 17.9 Å². The van der Waals surface area contributed by atoms with Gasteiger partial charge in [0.15, 0.2) is 0 Å². The topological polar surface area (TPSA) is 67.9 Å². The van der Waals surface area contributed by atoms with Gasteiger partial charge in [-0.05, 0) is 13.0 Å². The molecule has 98 valence electrons. The van der Waals surface area contributed by atoms with Crippen LogP contribution in [0.2, 0.25) is 0 Å². The minimum Gasteiger partial charge on any atom is -0.469 e. The van der Waals surface area contributed by atoms with E-state index in [1.54, 1.807) is 4.90 Å². The maximum absolute atomic E-state index is 11.5. The molecule has 1 amide bonds. The molecule has 0 aromatic heterocycles. The third-order valence-electron chi connectivity index (χ3n) is 2.91. The van der Waals surface area contributed by atoms with Crippen molar-refractivity contribution in [3.05, 3.63) is 0 Å². The predicted molar refractivity (Wildman–Crippen MR) is 61.6 cm³/mol. The number of hydrogen-bond donors (Lipinski definition) is 1. The first-order valence-electron chi connectivity index (χ1n) is 5.76. The molecule has 1 aliphatic heterocycles. The fraction of sp³-hybridized carbons (Fsp3) is 0.818. The Balaban J connectivity index is 2.68. The van der Waals surface area contributed by atoms with Crippen molar-refractivity contribution in [1.82, 2.24) is 10.2 Å². The van der Waals surface area contributed by atoms with Crippen molar-refractivity contribution in [1.29, 1.82) is 0 Å². The van der Waals surface area contributed by atoms with E-state index in [2.05, 4.69) is 10.1 Å². The summed E-state index contributed by atoms with van der Waals surface area (Å²) in [5, 5.41) is 3.25. The van der Waals surface area contributed by atoms with Gasteiger partial charge in [0.1, 0.15) is 0 Å². The van der Waals surface area contributed by atoms with Crippen LogP contribution in [0.3, 0.4) is 0 Å².